The van der Waals surface area contributed by atoms with Gasteiger partial charge in [-0.05, 0) is 36.8 Å². The Morgan fingerprint density at radius 2 is 1.89 bits per heavy atom. The van der Waals surface area contributed by atoms with Crippen molar-refractivity contribution in [3.05, 3.63) is 69.9 Å². The molecule has 0 amide bonds. The summed E-state index contributed by atoms with van der Waals surface area (Å²) in [5, 5.41) is 1.09. The van der Waals surface area contributed by atoms with Crippen LogP contribution < -0.4 is 5.73 Å². The fourth-order valence-corrected chi connectivity index (χ4v) is 2.75. The molecule has 0 fully saturated rings. The SMILES string of the molecule is Cc1ccc2oc(C(N)c3ccccc3Br)cc2c1. The zero-order valence-electron chi connectivity index (χ0n) is 10.6. The molecule has 0 saturated carbocycles. The highest BCUT2D eigenvalue weighted by molar-refractivity contribution is 9.10. The Morgan fingerprint density at radius 1 is 1.11 bits per heavy atom. The fourth-order valence-electron chi connectivity index (χ4n) is 2.22. The van der Waals surface area contributed by atoms with Gasteiger partial charge in [-0.2, -0.15) is 0 Å². The molecule has 1 aromatic heterocycles. The minimum absolute atomic E-state index is 0.261. The first kappa shape index (κ1) is 12.5. The summed E-state index contributed by atoms with van der Waals surface area (Å²) in [4.78, 5) is 0. The van der Waals surface area contributed by atoms with E-state index < -0.39 is 0 Å². The molecule has 0 radical (unpaired) electrons. The molecule has 0 spiro atoms. The molecule has 2 nitrogen and oxygen atoms in total. The van der Waals surface area contributed by atoms with Crippen LogP contribution in [0.15, 0.2) is 57.4 Å². The Morgan fingerprint density at radius 3 is 2.68 bits per heavy atom. The molecule has 2 aromatic carbocycles. The van der Waals surface area contributed by atoms with Gasteiger partial charge in [-0.3, -0.25) is 0 Å². The van der Waals surface area contributed by atoms with Gasteiger partial charge in [0.2, 0.25) is 0 Å². The second-order valence-corrected chi connectivity index (χ2v) is 5.54. The Kier molecular flexibility index (Phi) is 3.17. The Hall–Kier alpha value is -1.58. The van der Waals surface area contributed by atoms with Crippen molar-refractivity contribution >= 4 is 26.9 Å². The average molecular weight is 316 g/mol. The topological polar surface area (TPSA) is 39.2 Å². The van der Waals surface area contributed by atoms with Crippen molar-refractivity contribution < 1.29 is 4.42 Å². The molecule has 0 bridgehead atoms. The summed E-state index contributed by atoms with van der Waals surface area (Å²) in [5.74, 6) is 0.785. The molecule has 3 heteroatoms. The Bertz CT molecular complexity index is 732. The molecule has 0 aliphatic heterocycles. The van der Waals surface area contributed by atoms with E-state index in [0.717, 1.165) is 26.8 Å². The number of hydrogen-bond acceptors (Lipinski definition) is 2. The zero-order valence-corrected chi connectivity index (χ0v) is 12.1. The molecule has 3 rings (SSSR count). The van der Waals surface area contributed by atoms with E-state index in [2.05, 4.69) is 28.9 Å². The number of aryl methyl sites for hydroxylation is 1. The van der Waals surface area contributed by atoms with Crippen molar-refractivity contribution in [2.45, 2.75) is 13.0 Å². The monoisotopic (exact) mass is 315 g/mol. The van der Waals surface area contributed by atoms with Crippen LogP contribution in [0.5, 0.6) is 0 Å². The lowest BCUT2D eigenvalue weighted by molar-refractivity contribution is 0.524. The third-order valence-corrected chi connectivity index (χ3v) is 3.96. The maximum absolute atomic E-state index is 6.30. The van der Waals surface area contributed by atoms with Gasteiger partial charge in [0.15, 0.2) is 0 Å². The molecule has 3 aromatic rings. The van der Waals surface area contributed by atoms with Gasteiger partial charge < -0.3 is 10.2 Å². The Balaban J connectivity index is 2.07. The van der Waals surface area contributed by atoms with Crippen molar-refractivity contribution in [1.82, 2.24) is 0 Å². The van der Waals surface area contributed by atoms with Crippen molar-refractivity contribution in [3.8, 4) is 0 Å². The normalized spacial score (nSPS) is 12.8. The summed E-state index contributed by atoms with van der Waals surface area (Å²) < 4.78 is 6.85. The maximum atomic E-state index is 6.30. The van der Waals surface area contributed by atoms with Gasteiger partial charge >= 0.3 is 0 Å². The number of furan rings is 1. The van der Waals surface area contributed by atoms with Crippen LogP contribution in [0.1, 0.15) is 22.9 Å². The smallest absolute Gasteiger partial charge is 0.134 e. The van der Waals surface area contributed by atoms with E-state index in [9.17, 15) is 0 Å². The quantitative estimate of drug-likeness (QED) is 0.753. The molecule has 0 aliphatic rings. The van der Waals surface area contributed by atoms with Crippen LogP contribution in [-0.4, -0.2) is 0 Å². The van der Waals surface area contributed by atoms with Crippen LogP contribution in [0, 0.1) is 6.92 Å². The van der Waals surface area contributed by atoms with E-state index in [1.165, 1.54) is 5.56 Å². The van der Waals surface area contributed by atoms with Crippen LogP contribution in [0.3, 0.4) is 0 Å². The molecule has 19 heavy (non-hydrogen) atoms. The van der Waals surface area contributed by atoms with Crippen molar-refractivity contribution in [3.63, 3.8) is 0 Å². The van der Waals surface area contributed by atoms with Crippen LogP contribution in [-0.2, 0) is 0 Å². The van der Waals surface area contributed by atoms with Crippen molar-refractivity contribution in [2.75, 3.05) is 0 Å². The first-order chi connectivity index (χ1) is 9.15. The minimum Gasteiger partial charge on any atom is -0.459 e. The summed E-state index contributed by atoms with van der Waals surface area (Å²) in [7, 11) is 0. The van der Waals surface area contributed by atoms with Crippen LogP contribution >= 0.6 is 15.9 Å². The summed E-state index contributed by atoms with van der Waals surface area (Å²) >= 11 is 3.53. The van der Waals surface area contributed by atoms with E-state index in [-0.39, 0.29) is 6.04 Å². The number of benzene rings is 2. The molecule has 0 saturated heterocycles. The molecule has 1 heterocycles. The number of hydrogen-bond donors (Lipinski definition) is 1. The first-order valence-corrected chi connectivity index (χ1v) is 6.94. The van der Waals surface area contributed by atoms with Crippen molar-refractivity contribution in [1.29, 1.82) is 0 Å². The lowest BCUT2D eigenvalue weighted by atomic mass is 10.1. The van der Waals surface area contributed by atoms with E-state index in [1.807, 2.05) is 42.5 Å². The molecular formula is C16H14BrNO. The lowest BCUT2D eigenvalue weighted by Crippen LogP contribution is -2.11. The highest BCUT2D eigenvalue weighted by Crippen LogP contribution is 2.30. The second kappa shape index (κ2) is 4.83. The molecule has 1 unspecified atom stereocenters. The average Bonchev–Trinajstić information content (AvgIpc) is 2.81. The van der Waals surface area contributed by atoms with E-state index in [4.69, 9.17) is 10.2 Å². The van der Waals surface area contributed by atoms with Crippen molar-refractivity contribution in [2.24, 2.45) is 5.73 Å². The minimum atomic E-state index is -0.261. The molecule has 2 N–H and O–H groups in total. The maximum Gasteiger partial charge on any atom is 0.134 e. The molecular weight excluding hydrogens is 302 g/mol. The summed E-state index contributed by atoms with van der Waals surface area (Å²) in [6, 6.07) is 15.8. The summed E-state index contributed by atoms with van der Waals surface area (Å²) in [6.07, 6.45) is 0. The van der Waals surface area contributed by atoms with Gasteiger partial charge in [0.1, 0.15) is 11.3 Å². The highest BCUT2D eigenvalue weighted by atomic mass is 79.9. The fraction of sp³-hybridized carbons (Fsp3) is 0.125. The van der Waals surface area contributed by atoms with Gasteiger partial charge in [0, 0.05) is 9.86 Å². The largest absolute Gasteiger partial charge is 0.459 e. The molecule has 96 valence electrons. The standard InChI is InChI=1S/C16H14BrNO/c1-10-6-7-14-11(8-10)9-15(19-14)16(18)12-4-2-3-5-13(12)17/h2-9,16H,18H2,1H3. The predicted octanol–water partition coefficient (Wildman–Crippen LogP) is 4.55. The summed E-state index contributed by atoms with van der Waals surface area (Å²) in [5.41, 5.74) is 9.42. The Labute approximate surface area is 120 Å². The number of halogens is 1. The number of rotatable bonds is 2. The van der Waals surface area contributed by atoms with Gasteiger partial charge in [0.05, 0.1) is 6.04 Å². The van der Waals surface area contributed by atoms with Crippen LogP contribution in [0.4, 0.5) is 0 Å². The first-order valence-electron chi connectivity index (χ1n) is 6.15. The lowest BCUT2D eigenvalue weighted by Gasteiger charge is -2.10. The van der Waals surface area contributed by atoms with E-state index in [0.29, 0.717) is 0 Å². The van der Waals surface area contributed by atoms with E-state index >= 15 is 0 Å². The highest BCUT2D eigenvalue weighted by Gasteiger charge is 2.16. The van der Waals surface area contributed by atoms with Gasteiger partial charge in [-0.25, -0.2) is 0 Å². The number of nitrogens with two attached hydrogens (primary N) is 1. The van der Waals surface area contributed by atoms with Gasteiger partial charge in [0.25, 0.3) is 0 Å². The third kappa shape index (κ3) is 2.31. The second-order valence-electron chi connectivity index (χ2n) is 4.69. The number of fused-ring (bicyclic) bond motifs is 1. The molecule has 0 aliphatic carbocycles. The van der Waals surface area contributed by atoms with E-state index in [1.54, 1.807) is 0 Å². The molecule has 1 atom stereocenters. The summed E-state index contributed by atoms with van der Waals surface area (Å²) in [6.45, 7) is 2.07. The van der Waals surface area contributed by atoms with Gasteiger partial charge in [-0.15, -0.1) is 0 Å². The zero-order chi connectivity index (χ0) is 13.4. The van der Waals surface area contributed by atoms with Gasteiger partial charge in [-0.1, -0.05) is 45.8 Å². The van der Waals surface area contributed by atoms with Crippen LogP contribution in [0.25, 0.3) is 11.0 Å². The predicted molar refractivity (Wildman–Crippen MR) is 81.1 cm³/mol. The third-order valence-electron chi connectivity index (χ3n) is 3.24. The van der Waals surface area contributed by atoms with Crippen LogP contribution in [0.2, 0.25) is 0 Å².